The van der Waals surface area contributed by atoms with Gasteiger partial charge in [0.1, 0.15) is 5.75 Å². The van der Waals surface area contributed by atoms with E-state index in [2.05, 4.69) is 36.8 Å². The molecule has 0 spiro atoms. The average Bonchev–Trinajstić information content (AvgIpc) is 3.22. The smallest absolute Gasteiger partial charge is 0.262 e. The number of aromatic nitrogens is 2. The van der Waals surface area contributed by atoms with Gasteiger partial charge in [0, 0.05) is 21.2 Å². The maximum atomic E-state index is 12.8. The molecule has 0 atom stereocenters. The van der Waals surface area contributed by atoms with E-state index in [1.165, 1.54) is 0 Å². The van der Waals surface area contributed by atoms with E-state index in [1.54, 1.807) is 48.7 Å². The number of hydrogen-bond donors (Lipinski definition) is 3. The molecule has 4 aromatic rings. The average molecular weight is 465 g/mol. The highest BCUT2D eigenvalue weighted by molar-refractivity contribution is 9.10. The zero-order chi connectivity index (χ0) is 20.9. The third-order valence-electron chi connectivity index (χ3n) is 4.32. The third kappa shape index (κ3) is 4.66. The van der Waals surface area contributed by atoms with Gasteiger partial charge in [-0.05, 0) is 54.6 Å². The lowest BCUT2D eigenvalue weighted by atomic mass is 10.1. The molecule has 8 heteroatoms. The highest BCUT2D eigenvalue weighted by Crippen LogP contribution is 2.22. The highest BCUT2D eigenvalue weighted by atomic mass is 79.9. The molecule has 1 heterocycles. The van der Waals surface area contributed by atoms with Crippen LogP contribution in [0.3, 0.4) is 0 Å². The standard InChI is InChI=1S/C22H17BrN4O3/c23-15-5-7-16(8-6-15)25-21(28)13-30-20-4-2-1-3-18(20)22(29)26-17-9-10-19-14(11-17)12-24-27-19/h1-12H,13H2,(H,24,27)(H,25,28)(H,26,29). The molecule has 30 heavy (non-hydrogen) atoms. The molecule has 1 aromatic heterocycles. The lowest BCUT2D eigenvalue weighted by molar-refractivity contribution is -0.118. The number of amides is 2. The van der Waals surface area contributed by atoms with Gasteiger partial charge >= 0.3 is 0 Å². The number of nitrogens with one attached hydrogen (secondary N) is 3. The van der Waals surface area contributed by atoms with Crippen LogP contribution in [0.25, 0.3) is 10.9 Å². The van der Waals surface area contributed by atoms with E-state index < -0.39 is 0 Å². The summed E-state index contributed by atoms with van der Waals surface area (Å²) in [5.41, 5.74) is 2.51. The van der Waals surface area contributed by atoms with E-state index in [-0.39, 0.29) is 18.4 Å². The van der Waals surface area contributed by atoms with Crippen LogP contribution in [0.4, 0.5) is 11.4 Å². The molecule has 0 bridgehead atoms. The molecule has 0 aliphatic rings. The van der Waals surface area contributed by atoms with Gasteiger partial charge in [-0.25, -0.2) is 0 Å². The van der Waals surface area contributed by atoms with Gasteiger partial charge < -0.3 is 15.4 Å². The second-order valence-corrected chi connectivity index (χ2v) is 7.38. The lowest BCUT2D eigenvalue weighted by Crippen LogP contribution is -2.21. The zero-order valence-corrected chi connectivity index (χ0v) is 17.3. The molecule has 0 aliphatic heterocycles. The van der Waals surface area contributed by atoms with E-state index in [0.717, 1.165) is 15.4 Å². The Morgan fingerprint density at radius 1 is 0.967 bits per heavy atom. The summed E-state index contributed by atoms with van der Waals surface area (Å²) < 4.78 is 6.53. The van der Waals surface area contributed by atoms with Gasteiger partial charge in [-0.2, -0.15) is 5.10 Å². The first-order valence-electron chi connectivity index (χ1n) is 9.10. The van der Waals surface area contributed by atoms with Crippen LogP contribution in [0.5, 0.6) is 5.75 Å². The Bertz CT molecular complexity index is 1200. The highest BCUT2D eigenvalue weighted by Gasteiger charge is 2.14. The Labute approximate surface area is 180 Å². The van der Waals surface area contributed by atoms with Gasteiger partial charge in [-0.1, -0.05) is 28.1 Å². The van der Waals surface area contributed by atoms with Crippen LogP contribution < -0.4 is 15.4 Å². The summed E-state index contributed by atoms with van der Waals surface area (Å²) in [4.78, 5) is 24.9. The summed E-state index contributed by atoms with van der Waals surface area (Å²) in [7, 11) is 0. The largest absolute Gasteiger partial charge is 0.483 e. The van der Waals surface area contributed by atoms with Crippen LogP contribution in [-0.2, 0) is 4.79 Å². The Morgan fingerprint density at radius 3 is 2.57 bits per heavy atom. The summed E-state index contributed by atoms with van der Waals surface area (Å²) in [6.07, 6.45) is 1.69. The van der Waals surface area contributed by atoms with Crippen molar-refractivity contribution in [3.8, 4) is 5.75 Å². The van der Waals surface area contributed by atoms with E-state index in [1.807, 2.05) is 24.3 Å². The van der Waals surface area contributed by atoms with Crippen molar-refractivity contribution in [3.05, 3.63) is 83.0 Å². The number of fused-ring (bicyclic) bond motifs is 1. The fourth-order valence-corrected chi connectivity index (χ4v) is 3.14. The van der Waals surface area contributed by atoms with Gasteiger partial charge in [-0.3, -0.25) is 14.7 Å². The van der Waals surface area contributed by atoms with Crippen molar-refractivity contribution < 1.29 is 14.3 Å². The molecular weight excluding hydrogens is 448 g/mol. The summed E-state index contributed by atoms with van der Waals surface area (Å²) in [6, 6.07) is 19.5. The minimum absolute atomic E-state index is 0.221. The van der Waals surface area contributed by atoms with Gasteiger partial charge in [0.25, 0.3) is 11.8 Å². The van der Waals surface area contributed by atoms with Gasteiger partial charge in [0.2, 0.25) is 0 Å². The van der Waals surface area contributed by atoms with Crippen molar-refractivity contribution in [1.82, 2.24) is 10.2 Å². The van der Waals surface area contributed by atoms with Gasteiger partial charge in [0.15, 0.2) is 6.61 Å². The summed E-state index contributed by atoms with van der Waals surface area (Å²) in [5, 5.41) is 13.3. The molecule has 7 nitrogen and oxygen atoms in total. The number of rotatable bonds is 6. The molecule has 4 rings (SSSR count). The Balaban J connectivity index is 1.41. The quantitative estimate of drug-likeness (QED) is 0.388. The molecule has 3 aromatic carbocycles. The molecule has 0 saturated heterocycles. The number of hydrogen-bond acceptors (Lipinski definition) is 4. The van der Waals surface area contributed by atoms with Crippen molar-refractivity contribution >= 4 is 50.0 Å². The number of benzene rings is 3. The molecule has 150 valence electrons. The lowest BCUT2D eigenvalue weighted by Gasteiger charge is -2.12. The predicted molar refractivity (Wildman–Crippen MR) is 119 cm³/mol. The van der Waals surface area contributed by atoms with E-state index in [4.69, 9.17) is 4.74 Å². The van der Waals surface area contributed by atoms with Crippen LogP contribution in [0.1, 0.15) is 10.4 Å². The maximum absolute atomic E-state index is 12.8. The molecular formula is C22H17BrN4O3. The number of halogens is 1. The van der Waals surface area contributed by atoms with Crippen LogP contribution in [0, 0.1) is 0 Å². The summed E-state index contributed by atoms with van der Waals surface area (Å²) in [6.45, 7) is -0.221. The van der Waals surface area contributed by atoms with Gasteiger partial charge in [0.05, 0.1) is 17.3 Å². The Hall–Kier alpha value is -3.65. The Kier molecular flexibility index (Phi) is 5.76. The fourth-order valence-electron chi connectivity index (χ4n) is 2.87. The number of carbonyl (C=O) groups is 2. The first-order valence-corrected chi connectivity index (χ1v) is 9.89. The van der Waals surface area contributed by atoms with Crippen LogP contribution in [0.2, 0.25) is 0 Å². The summed E-state index contributed by atoms with van der Waals surface area (Å²) >= 11 is 3.35. The van der Waals surface area contributed by atoms with Crippen LogP contribution in [0.15, 0.2) is 77.4 Å². The molecule has 3 N–H and O–H groups in total. The second-order valence-electron chi connectivity index (χ2n) is 6.47. The third-order valence-corrected chi connectivity index (χ3v) is 4.85. The number of anilines is 2. The summed E-state index contributed by atoms with van der Waals surface area (Å²) in [5.74, 6) is -0.329. The minimum atomic E-state index is -0.332. The van der Waals surface area contributed by atoms with Crippen LogP contribution >= 0.6 is 15.9 Å². The first kappa shape index (κ1) is 19.7. The van der Waals surface area contributed by atoms with Crippen molar-refractivity contribution in [1.29, 1.82) is 0 Å². The molecule has 0 unspecified atom stereocenters. The van der Waals surface area contributed by atoms with Crippen molar-refractivity contribution in [3.63, 3.8) is 0 Å². The van der Waals surface area contributed by atoms with E-state index in [0.29, 0.717) is 22.7 Å². The number of aromatic amines is 1. The number of nitrogens with zero attached hydrogens (tertiary/aromatic N) is 1. The van der Waals surface area contributed by atoms with E-state index in [9.17, 15) is 9.59 Å². The number of carbonyl (C=O) groups excluding carboxylic acids is 2. The first-order chi connectivity index (χ1) is 14.6. The van der Waals surface area contributed by atoms with Crippen molar-refractivity contribution in [2.24, 2.45) is 0 Å². The second kappa shape index (κ2) is 8.79. The van der Waals surface area contributed by atoms with E-state index >= 15 is 0 Å². The molecule has 0 radical (unpaired) electrons. The van der Waals surface area contributed by atoms with Gasteiger partial charge in [-0.15, -0.1) is 0 Å². The zero-order valence-electron chi connectivity index (χ0n) is 15.7. The molecule has 0 saturated carbocycles. The topological polar surface area (TPSA) is 96.1 Å². The molecule has 0 fully saturated rings. The fraction of sp³-hybridized carbons (Fsp3) is 0.0455. The normalized spacial score (nSPS) is 10.6. The van der Waals surface area contributed by atoms with Crippen LogP contribution in [-0.4, -0.2) is 28.6 Å². The SMILES string of the molecule is O=C(COc1ccccc1C(=O)Nc1ccc2[nH]ncc2c1)Nc1ccc(Br)cc1. The maximum Gasteiger partial charge on any atom is 0.262 e. The molecule has 0 aliphatic carbocycles. The number of para-hydroxylation sites is 1. The number of ether oxygens (including phenoxy) is 1. The molecule has 2 amide bonds. The minimum Gasteiger partial charge on any atom is -0.483 e. The van der Waals surface area contributed by atoms with Crippen molar-refractivity contribution in [2.45, 2.75) is 0 Å². The monoisotopic (exact) mass is 464 g/mol. The Morgan fingerprint density at radius 2 is 1.73 bits per heavy atom. The van der Waals surface area contributed by atoms with Crippen molar-refractivity contribution in [2.75, 3.05) is 17.2 Å². The number of H-pyrrole nitrogens is 1. The predicted octanol–water partition coefficient (Wildman–Crippen LogP) is 4.60.